The van der Waals surface area contributed by atoms with Gasteiger partial charge >= 0.3 is 0 Å². The van der Waals surface area contributed by atoms with Crippen LogP contribution in [0.25, 0.3) is 110 Å². The quantitative estimate of drug-likeness (QED) is 0.118. The molecule has 13 aromatic rings. The lowest BCUT2D eigenvalue weighted by Gasteiger charge is -2.35. The summed E-state index contributed by atoms with van der Waals surface area (Å²) in [5, 5.41) is 9.83. The number of nitrogens with zero attached hydrogens (tertiary/aromatic N) is 2. The SMILES string of the molecule is c1ccc(-c2nc(-c3ccc4cc(-c5c6ccccc6c(-c6ccccc6)c6ccc7ccccc7c56)ccc4c3)cc(-c3cccc4c3C(c3ccccc3)(c3ccccc3)c3ccccc3-4)n2)cc1. The highest BCUT2D eigenvalue weighted by molar-refractivity contribution is 6.28. The van der Waals surface area contributed by atoms with Crippen LogP contribution in [0.3, 0.4) is 0 Å². The third kappa shape index (κ3) is 6.42. The van der Waals surface area contributed by atoms with Crippen molar-refractivity contribution in [3.63, 3.8) is 0 Å². The molecule has 0 radical (unpaired) electrons. The lowest BCUT2D eigenvalue weighted by molar-refractivity contribution is 0.769. The Kier molecular flexibility index (Phi) is 9.47. The summed E-state index contributed by atoms with van der Waals surface area (Å²) in [4.78, 5) is 10.9. The second-order valence-corrected chi connectivity index (χ2v) is 18.7. The van der Waals surface area contributed by atoms with Crippen molar-refractivity contribution in [2.45, 2.75) is 5.41 Å². The van der Waals surface area contributed by atoms with Crippen molar-refractivity contribution in [3.8, 4) is 67.3 Å². The summed E-state index contributed by atoms with van der Waals surface area (Å²) in [7, 11) is 0. The average Bonchev–Trinajstić information content (AvgIpc) is 3.76. The van der Waals surface area contributed by atoms with Crippen molar-refractivity contribution in [2.24, 2.45) is 0 Å². The molecular weight excluding hydrogens is 857 g/mol. The zero-order chi connectivity index (χ0) is 46.9. The van der Waals surface area contributed by atoms with Gasteiger partial charge < -0.3 is 0 Å². The first kappa shape index (κ1) is 40.8. The molecule has 2 heteroatoms. The van der Waals surface area contributed by atoms with Gasteiger partial charge in [0.15, 0.2) is 5.82 Å². The summed E-state index contributed by atoms with van der Waals surface area (Å²) in [6.45, 7) is 0. The molecule has 1 aliphatic carbocycles. The molecule has 0 unspecified atom stereocenters. The van der Waals surface area contributed by atoms with Crippen molar-refractivity contribution in [1.29, 1.82) is 0 Å². The van der Waals surface area contributed by atoms with Crippen molar-refractivity contribution < 1.29 is 0 Å². The van der Waals surface area contributed by atoms with Crippen LogP contribution >= 0.6 is 0 Å². The minimum absolute atomic E-state index is 0.589. The Morgan fingerprint density at radius 3 is 1.52 bits per heavy atom. The fourth-order valence-electron chi connectivity index (χ4n) is 11.9. The van der Waals surface area contributed by atoms with Crippen LogP contribution in [-0.4, -0.2) is 9.97 Å². The number of aromatic nitrogens is 2. The van der Waals surface area contributed by atoms with Crippen molar-refractivity contribution in [1.82, 2.24) is 9.97 Å². The number of rotatable bonds is 7. The summed E-state index contributed by atoms with van der Waals surface area (Å²) < 4.78 is 0. The monoisotopic (exact) mass is 900 g/mol. The van der Waals surface area contributed by atoms with Crippen LogP contribution in [0.4, 0.5) is 0 Å². The number of hydrogen-bond donors (Lipinski definition) is 0. The minimum atomic E-state index is -0.589. The van der Waals surface area contributed by atoms with Gasteiger partial charge in [0.1, 0.15) is 0 Å². The van der Waals surface area contributed by atoms with Crippen LogP contribution < -0.4 is 0 Å². The van der Waals surface area contributed by atoms with E-state index in [-0.39, 0.29) is 0 Å². The maximum Gasteiger partial charge on any atom is 0.160 e. The zero-order valence-electron chi connectivity index (χ0n) is 38.8. The van der Waals surface area contributed by atoms with E-state index >= 15 is 0 Å². The van der Waals surface area contributed by atoms with Crippen molar-refractivity contribution >= 4 is 43.1 Å². The molecule has 71 heavy (non-hydrogen) atoms. The maximum absolute atomic E-state index is 5.49. The van der Waals surface area contributed by atoms with Crippen LogP contribution in [0.1, 0.15) is 22.3 Å². The molecule has 0 amide bonds. The Balaban J connectivity index is 0.967. The van der Waals surface area contributed by atoms with Gasteiger partial charge in [-0.25, -0.2) is 9.97 Å². The molecule has 2 nitrogen and oxygen atoms in total. The molecule has 0 saturated carbocycles. The normalized spacial score (nSPS) is 12.6. The van der Waals surface area contributed by atoms with E-state index in [1.54, 1.807) is 0 Å². The summed E-state index contributed by atoms with van der Waals surface area (Å²) in [5.74, 6) is 0.691. The Labute approximate surface area is 412 Å². The summed E-state index contributed by atoms with van der Waals surface area (Å²) in [6, 6.07) is 97.3. The molecular formula is C69H44N2. The van der Waals surface area contributed by atoms with Gasteiger partial charge in [0.25, 0.3) is 0 Å². The van der Waals surface area contributed by atoms with E-state index in [1.807, 2.05) is 6.07 Å². The smallest absolute Gasteiger partial charge is 0.160 e. The first-order valence-corrected chi connectivity index (χ1v) is 24.5. The lowest BCUT2D eigenvalue weighted by atomic mass is 9.66. The molecule has 12 aromatic carbocycles. The van der Waals surface area contributed by atoms with E-state index in [9.17, 15) is 0 Å². The fraction of sp³-hybridized carbons (Fsp3) is 0.0145. The third-order valence-corrected chi connectivity index (χ3v) is 14.9. The van der Waals surface area contributed by atoms with Crippen LogP contribution in [0.15, 0.2) is 267 Å². The van der Waals surface area contributed by atoms with Gasteiger partial charge in [-0.3, -0.25) is 0 Å². The molecule has 0 atom stereocenters. The van der Waals surface area contributed by atoms with E-state index < -0.39 is 5.41 Å². The predicted octanol–water partition coefficient (Wildman–Crippen LogP) is 17.8. The van der Waals surface area contributed by atoms with Crippen LogP contribution in [-0.2, 0) is 5.41 Å². The van der Waals surface area contributed by atoms with E-state index in [1.165, 1.54) is 93.3 Å². The van der Waals surface area contributed by atoms with Gasteiger partial charge in [0, 0.05) is 16.7 Å². The van der Waals surface area contributed by atoms with Gasteiger partial charge in [0.05, 0.1) is 16.8 Å². The molecule has 1 aromatic heterocycles. The van der Waals surface area contributed by atoms with E-state index in [2.05, 4.69) is 261 Å². The molecule has 0 fully saturated rings. The number of hydrogen-bond acceptors (Lipinski definition) is 2. The molecule has 1 heterocycles. The number of fused-ring (bicyclic) bond motifs is 8. The first-order valence-electron chi connectivity index (χ1n) is 24.5. The first-order chi connectivity index (χ1) is 35.2. The standard InChI is InChI=1S/C69H44N2/c1-5-21-46(22-6-1)64-56-31-15-16-32-57(56)65(66-54-29-14-13-20-45(54)40-41-60(64)66)51-39-37-48-42-50(38-36-49(48)43-51)62-44-63(71-68(70-62)47-23-7-2-8-24-47)59-34-19-33-58-55-30-17-18-35-61(55)69(67(58)59,52-25-9-3-10-26-52)53-27-11-4-12-28-53/h1-44H. The second kappa shape index (κ2) is 16.5. The summed E-state index contributed by atoms with van der Waals surface area (Å²) in [6.07, 6.45) is 0. The van der Waals surface area contributed by atoms with Crippen LogP contribution in [0.2, 0.25) is 0 Å². The maximum atomic E-state index is 5.49. The second-order valence-electron chi connectivity index (χ2n) is 18.7. The zero-order valence-corrected chi connectivity index (χ0v) is 38.8. The van der Waals surface area contributed by atoms with Crippen LogP contribution in [0, 0.1) is 0 Å². The Bertz CT molecular complexity index is 4160. The van der Waals surface area contributed by atoms with Gasteiger partial charge in [-0.1, -0.05) is 249 Å². The molecule has 0 bridgehead atoms. The highest BCUT2D eigenvalue weighted by Crippen LogP contribution is 2.58. The molecule has 0 N–H and O–H groups in total. The Hall–Kier alpha value is -9.24. The van der Waals surface area contributed by atoms with Gasteiger partial charge in [-0.15, -0.1) is 0 Å². The summed E-state index contributed by atoms with van der Waals surface area (Å²) >= 11 is 0. The Morgan fingerprint density at radius 2 is 0.803 bits per heavy atom. The molecule has 0 spiro atoms. The topological polar surface area (TPSA) is 25.8 Å². The summed E-state index contributed by atoms with van der Waals surface area (Å²) in [5.41, 5.74) is 16.6. The highest BCUT2D eigenvalue weighted by atomic mass is 14.9. The molecule has 14 rings (SSSR count). The van der Waals surface area contributed by atoms with Crippen LogP contribution in [0.5, 0.6) is 0 Å². The molecule has 0 aliphatic heterocycles. The third-order valence-electron chi connectivity index (χ3n) is 14.9. The Morgan fingerprint density at radius 1 is 0.282 bits per heavy atom. The van der Waals surface area contributed by atoms with E-state index in [0.717, 1.165) is 33.5 Å². The highest BCUT2D eigenvalue weighted by Gasteiger charge is 2.47. The largest absolute Gasteiger partial charge is 0.228 e. The van der Waals surface area contributed by atoms with Crippen molar-refractivity contribution in [2.75, 3.05) is 0 Å². The molecule has 330 valence electrons. The van der Waals surface area contributed by atoms with Gasteiger partial charge in [-0.05, 0) is 117 Å². The van der Waals surface area contributed by atoms with E-state index in [4.69, 9.17) is 9.97 Å². The fourth-order valence-corrected chi connectivity index (χ4v) is 11.9. The lowest BCUT2D eigenvalue weighted by Crippen LogP contribution is -2.29. The predicted molar refractivity (Wildman–Crippen MR) is 297 cm³/mol. The minimum Gasteiger partial charge on any atom is -0.228 e. The number of benzene rings is 12. The van der Waals surface area contributed by atoms with Gasteiger partial charge in [0.2, 0.25) is 0 Å². The van der Waals surface area contributed by atoms with Gasteiger partial charge in [-0.2, -0.15) is 0 Å². The van der Waals surface area contributed by atoms with Crippen molar-refractivity contribution in [3.05, 3.63) is 289 Å². The molecule has 0 saturated heterocycles. The van der Waals surface area contributed by atoms with E-state index in [0.29, 0.717) is 5.82 Å². The molecule has 1 aliphatic rings. The average molecular weight is 901 g/mol.